The Morgan fingerprint density at radius 3 is 2.82 bits per heavy atom. The number of H-pyrrole nitrogens is 1. The average molecular weight is 253 g/mol. The molecule has 0 radical (unpaired) electrons. The van der Waals surface area contributed by atoms with Gasteiger partial charge in [-0.1, -0.05) is 11.6 Å². The molecule has 0 aliphatic heterocycles. The summed E-state index contributed by atoms with van der Waals surface area (Å²) in [5.41, 5.74) is 5.04. The Morgan fingerprint density at radius 2 is 2.24 bits per heavy atom. The van der Waals surface area contributed by atoms with Crippen LogP contribution in [0.1, 0.15) is 5.56 Å². The van der Waals surface area contributed by atoms with E-state index < -0.39 is 0 Å². The predicted octanol–water partition coefficient (Wildman–Crippen LogP) is 2.33. The number of anilines is 1. The molecule has 4 N–H and O–H groups in total. The minimum Gasteiger partial charge on any atom is -0.496 e. The predicted molar refractivity (Wildman–Crippen MR) is 68.1 cm³/mol. The zero-order valence-corrected chi connectivity index (χ0v) is 10.3. The van der Waals surface area contributed by atoms with E-state index in [0.717, 1.165) is 22.6 Å². The topological polar surface area (TPSA) is 76.0 Å². The number of halogens is 1. The minimum absolute atomic E-state index is 0.485. The Balaban J connectivity index is 2.53. The number of nitrogens with zero attached hydrogens (tertiary/aromatic N) is 1. The van der Waals surface area contributed by atoms with Gasteiger partial charge < -0.3 is 9.72 Å². The van der Waals surface area contributed by atoms with Crippen LogP contribution in [-0.2, 0) is 0 Å². The number of rotatable bonds is 3. The molecule has 90 valence electrons. The molecule has 0 bridgehead atoms. The van der Waals surface area contributed by atoms with Crippen molar-refractivity contribution >= 4 is 17.5 Å². The van der Waals surface area contributed by atoms with Gasteiger partial charge in [0.25, 0.3) is 0 Å². The Bertz CT molecular complexity index is 538. The molecular weight excluding hydrogens is 240 g/mol. The van der Waals surface area contributed by atoms with Gasteiger partial charge in [-0.3, -0.25) is 5.43 Å². The number of nitrogen functional groups attached to an aromatic ring is 1. The summed E-state index contributed by atoms with van der Waals surface area (Å²) < 4.78 is 5.32. The summed E-state index contributed by atoms with van der Waals surface area (Å²) in [5.74, 6) is 6.48. The van der Waals surface area contributed by atoms with Crippen LogP contribution in [0.15, 0.2) is 18.3 Å². The molecule has 17 heavy (non-hydrogen) atoms. The second-order valence-electron chi connectivity index (χ2n) is 3.59. The number of nitrogens with two attached hydrogens (primary N) is 1. The molecule has 0 aliphatic rings. The van der Waals surface area contributed by atoms with E-state index in [1.165, 1.54) is 0 Å². The average Bonchev–Trinajstić information content (AvgIpc) is 2.80. The number of methoxy groups -OCH3 is 1. The number of nitrogens with one attached hydrogen (secondary N) is 2. The van der Waals surface area contributed by atoms with Crippen LogP contribution >= 0.6 is 11.6 Å². The summed E-state index contributed by atoms with van der Waals surface area (Å²) in [7, 11) is 1.62. The molecule has 0 aliphatic carbocycles. The quantitative estimate of drug-likeness (QED) is 0.579. The van der Waals surface area contributed by atoms with E-state index in [0.29, 0.717) is 11.0 Å². The van der Waals surface area contributed by atoms with E-state index in [9.17, 15) is 0 Å². The largest absolute Gasteiger partial charge is 0.496 e. The lowest BCUT2D eigenvalue weighted by Crippen LogP contribution is -2.07. The molecule has 2 rings (SSSR count). The maximum Gasteiger partial charge on any atom is 0.215 e. The zero-order valence-electron chi connectivity index (χ0n) is 9.54. The summed E-state index contributed by atoms with van der Waals surface area (Å²) >= 11 is 6.10. The number of hydrogen-bond acceptors (Lipinski definition) is 4. The van der Waals surface area contributed by atoms with Crippen LogP contribution in [0.3, 0.4) is 0 Å². The molecule has 0 saturated carbocycles. The van der Waals surface area contributed by atoms with Gasteiger partial charge in [0.15, 0.2) is 0 Å². The molecule has 1 aromatic heterocycles. The first-order valence-electron chi connectivity index (χ1n) is 5.02. The number of imidazole rings is 1. The first-order chi connectivity index (χ1) is 8.15. The van der Waals surface area contributed by atoms with Crippen LogP contribution in [0.4, 0.5) is 5.95 Å². The lowest BCUT2D eigenvalue weighted by Gasteiger charge is -2.09. The summed E-state index contributed by atoms with van der Waals surface area (Å²) in [6.45, 7) is 1.93. The molecular formula is C11H13ClN4O. The third-order valence-corrected chi connectivity index (χ3v) is 2.89. The molecule has 0 fully saturated rings. The Hall–Kier alpha value is -1.72. The number of hydrogen-bond donors (Lipinski definition) is 3. The number of aryl methyl sites for hydroxylation is 1. The lowest BCUT2D eigenvalue weighted by molar-refractivity contribution is 0.416. The Labute approximate surface area is 104 Å². The van der Waals surface area contributed by atoms with Crippen molar-refractivity contribution in [3.8, 4) is 17.0 Å². The van der Waals surface area contributed by atoms with Crippen molar-refractivity contribution in [1.29, 1.82) is 0 Å². The standard InChI is InChI=1S/C11H13ClN4O/c1-6-3-10(17-2)7(4-8(6)12)9-5-14-11(15-9)16-13/h3-5H,13H2,1-2H3,(H2,14,15,16). The van der Waals surface area contributed by atoms with Gasteiger partial charge in [-0.05, 0) is 24.6 Å². The maximum absolute atomic E-state index is 6.10. The molecule has 6 heteroatoms. The van der Waals surface area contributed by atoms with Crippen LogP contribution in [0, 0.1) is 6.92 Å². The van der Waals surface area contributed by atoms with Crippen molar-refractivity contribution in [2.45, 2.75) is 6.92 Å². The second-order valence-corrected chi connectivity index (χ2v) is 4.00. The highest BCUT2D eigenvalue weighted by atomic mass is 35.5. The van der Waals surface area contributed by atoms with Crippen molar-refractivity contribution in [2.24, 2.45) is 5.84 Å². The SMILES string of the molecule is COc1cc(C)c(Cl)cc1-c1cnc(NN)[nH]1. The molecule has 0 spiro atoms. The first-order valence-corrected chi connectivity index (χ1v) is 5.39. The molecule has 5 nitrogen and oxygen atoms in total. The van der Waals surface area contributed by atoms with Gasteiger partial charge in [0.1, 0.15) is 5.75 Å². The van der Waals surface area contributed by atoms with Crippen molar-refractivity contribution in [3.63, 3.8) is 0 Å². The monoisotopic (exact) mass is 252 g/mol. The van der Waals surface area contributed by atoms with Gasteiger partial charge in [-0.25, -0.2) is 10.8 Å². The van der Waals surface area contributed by atoms with Crippen molar-refractivity contribution < 1.29 is 4.74 Å². The fraction of sp³-hybridized carbons (Fsp3) is 0.182. The normalized spacial score (nSPS) is 10.4. The summed E-state index contributed by atoms with van der Waals surface area (Å²) in [5, 5.41) is 0.678. The summed E-state index contributed by atoms with van der Waals surface area (Å²) in [4.78, 5) is 7.06. The van der Waals surface area contributed by atoms with Gasteiger partial charge in [0, 0.05) is 10.6 Å². The van der Waals surface area contributed by atoms with E-state index >= 15 is 0 Å². The number of aromatic nitrogens is 2. The van der Waals surface area contributed by atoms with Gasteiger partial charge in [0.05, 0.1) is 19.0 Å². The molecule has 0 saturated heterocycles. The highest BCUT2D eigenvalue weighted by Crippen LogP contribution is 2.33. The van der Waals surface area contributed by atoms with Crippen molar-refractivity contribution in [1.82, 2.24) is 9.97 Å². The van der Waals surface area contributed by atoms with Gasteiger partial charge in [-0.2, -0.15) is 0 Å². The summed E-state index contributed by atoms with van der Waals surface area (Å²) in [6.07, 6.45) is 1.67. The van der Waals surface area contributed by atoms with Gasteiger partial charge in [0.2, 0.25) is 5.95 Å². The van der Waals surface area contributed by atoms with E-state index in [1.54, 1.807) is 13.3 Å². The Kier molecular flexibility index (Phi) is 3.21. The summed E-state index contributed by atoms with van der Waals surface area (Å²) in [6, 6.07) is 3.72. The number of aromatic amines is 1. The number of ether oxygens (including phenoxy) is 1. The van der Waals surface area contributed by atoms with Crippen LogP contribution in [0.5, 0.6) is 5.75 Å². The van der Waals surface area contributed by atoms with Crippen molar-refractivity contribution in [3.05, 3.63) is 28.9 Å². The number of benzene rings is 1. The van der Waals surface area contributed by atoms with E-state index in [1.807, 2.05) is 19.1 Å². The molecule has 0 unspecified atom stereocenters. The van der Waals surface area contributed by atoms with Crippen LogP contribution < -0.4 is 16.0 Å². The highest BCUT2D eigenvalue weighted by molar-refractivity contribution is 6.31. The van der Waals surface area contributed by atoms with Gasteiger partial charge in [-0.15, -0.1) is 0 Å². The molecule has 2 aromatic rings. The van der Waals surface area contributed by atoms with E-state index in [4.69, 9.17) is 22.2 Å². The zero-order chi connectivity index (χ0) is 12.4. The molecule has 0 atom stereocenters. The maximum atomic E-state index is 6.10. The minimum atomic E-state index is 0.485. The highest BCUT2D eigenvalue weighted by Gasteiger charge is 2.11. The Morgan fingerprint density at radius 1 is 1.47 bits per heavy atom. The van der Waals surface area contributed by atoms with Crippen LogP contribution in [0.25, 0.3) is 11.3 Å². The van der Waals surface area contributed by atoms with Crippen LogP contribution in [0.2, 0.25) is 5.02 Å². The molecule has 1 heterocycles. The first kappa shape index (κ1) is 11.8. The fourth-order valence-corrected chi connectivity index (χ4v) is 1.73. The third kappa shape index (κ3) is 2.20. The smallest absolute Gasteiger partial charge is 0.215 e. The molecule has 1 aromatic carbocycles. The lowest BCUT2D eigenvalue weighted by atomic mass is 10.1. The van der Waals surface area contributed by atoms with Crippen molar-refractivity contribution in [2.75, 3.05) is 12.5 Å². The van der Waals surface area contributed by atoms with Gasteiger partial charge >= 0.3 is 0 Å². The third-order valence-electron chi connectivity index (χ3n) is 2.48. The van der Waals surface area contributed by atoms with Crippen LogP contribution in [-0.4, -0.2) is 17.1 Å². The molecule has 0 amide bonds. The number of hydrazine groups is 1. The fourth-order valence-electron chi connectivity index (χ4n) is 1.57. The van der Waals surface area contributed by atoms with E-state index in [2.05, 4.69) is 15.4 Å². The van der Waals surface area contributed by atoms with E-state index in [-0.39, 0.29) is 0 Å². The second kappa shape index (κ2) is 4.65.